The van der Waals surface area contributed by atoms with Crippen LogP contribution in [-0.4, -0.2) is 58.6 Å². The number of rotatable bonds is 1. The third-order valence-electron chi connectivity index (χ3n) is 2.14. The highest BCUT2D eigenvalue weighted by molar-refractivity contribution is 5.74. The molecule has 2 rings (SSSR count). The molecule has 0 unspecified atom stereocenters. The van der Waals surface area contributed by atoms with Crippen molar-refractivity contribution in [2.24, 2.45) is 0 Å². The normalized spacial score (nSPS) is 10.5. The molecule has 0 saturated heterocycles. The van der Waals surface area contributed by atoms with E-state index in [9.17, 15) is 0 Å². The lowest BCUT2D eigenvalue weighted by atomic mass is 10.4. The van der Waals surface area contributed by atoms with Gasteiger partial charge in [0.25, 0.3) is 0 Å². The first kappa shape index (κ1) is 10.5. The highest BCUT2D eigenvalue weighted by Gasteiger charge is 2.18. The predicted octanol–water partition coefficient (Wildman–Crippen LogP) is -0.0173. The number of nitrogens with zero attached hydrogens (tertiary/aromatic N) is 4. The van der Waals surface area contributed by atoms with Crippen molar-refractivity contribution in [3.05, 3.63) is 18.3 Å². The first-order valence-corrected chi connectivity index (χ1v) is 5.01. The quantitative estimate of drug-likeness (QED) is 0.419. The summed E-state index contributed by atoms with van der Waals surface area (Å²) in [4.78, 5) is 13.3. The summed E-state index contributed by atoms with van der Waals surface area (Å²) >= 11 is 0. The maximum atomic E-state index is 5.66. The van der Waals surface area contributed by atoms with Crippen LogP contribution >= 0.6 is 0 Å². The molecule has 0 aliphatic carbocycles. The van der Waals surface area contributed by atoms with Gasteiger partial charge in [-0.3, -0.25) is 9.94 Å². The van der Waals surface area contributed by atoms with Crippen LogP contribution in [0.25, 0.3) is 11.2 Å². The molecule has 0 aliphatic heterocycles. The number of aromatic amines is 1. The summed E-state index contributed by atoms with van der Waals surface area (Å²) in [5, 5.41) is 3.04. The summed E-state index contributed by atoms with van der Waals surface area (Å²) in [6.07, 6.45) is 1.74. The molecule has 0 atom stereocenters. The molecule has 1 N–H and O–H groups in total. The maximum Gasteiger partial charge on any atom is 0.471 e. The fraction of sp³-hybridized carbons (Fsp3) is 0.400. The Morgan fingerprint density at radius 1 is 1.50 bits per heavy atom. The molecular weight excluding hydrogens is 206 g/mol. The van der Waals surface area contributed by atoms with E-state index in [1.54, 1.807) is 11.0 Å². The smallest absolute Gasteiger partial charge is 0.280 e. The number of H-pyrrole nitrogens is 1. The minimum Gasteiger partial charge on any atom is -0.280 e. The monoisotopic (exact) mass is 222 g/mol. The molecule has 0 aromatic carbocycles. The van der Waals surface area contributed by atoms with Crippen LogP contribution in [0.2, 0.25) is 0 Å². The van der Waals surface area contributed by atoms with Crippen LogP contribution in [0.5, 0.6) is 0 Å². The zero-order valence-corrected chi connectivity index (χ0v) is 9.93. The van der Waals surface area contributed by atoms with Gasteiger partial charge in [0.1, 0.15) is 5.52 Å². The SMILES string of the molecule is CN(C)C(On1[nH]c2cccnc21)=[N+](C)C. The van der Waals surface area contributed by atoms with Crippen LogP contribution in [0.15, 0.2) is 18.3 Å². The van der Waals surface area contributed by atoms with Gasteiger partial charge in [0.05, 0.1) is 28.2 Å². The van der Waals surface area contributed by atoms with Crippen LogP contribution in [0.1, 0.15) is 0 Å². The van der Waals surface area contributed by atoms with Crippen molar-refractivity contribution in [1.29, 1.82) is 0 Å². The number of fused-ring (bicyclic) bond motifs is 1. The number of pyridine rings is 1. The lowest BCUT2D eigenvalue weighted by molar-refractivity contribution is -0.480. The van der Waals surface area contributed by atoms with Crippen LogP contribution in [0, 0.1) is 0 Å². The third-order valence-corrected chi connectivity index (χ3v) is 2.14. The molecule has 2 aromatic rings. The van der Waals surface area contributed by atoms with E-state index in [4.69, 9.17) is 4.84 Å². The van der Waals surface area contributed by atoms with Gasteiger partial charge in [-0.05, 0) is 12.1 Å². The average Bonchev–Trinajstić information content (AvgIpc) is 2.18. The number of nitrogens with one attached hydrogen (secondary N) is 1. The van der Waals surface area contributed by atoms with E-state index in [0.29, 0.717) is 0 Å². The van der Waals surface area contributed by atoms with Gasteiger partial charge in [-0.15, -0.1) is 0 Å². The van der Waals surface area contributed by atoms with Crippen molar-refractivity contribution < 1.29 is 9.41 Å². The van der Waals surface area contributed by atoms with Gasteiger partial charge < -0.3 is 0 Å². The Morgan fingerprint density at radius 3 is 2.81 bits per heavy atom. The van der Waals surface area contributed by atoms with E-state index in [1.807, 2.05) is 49.8 Å². The van der Waals surface area contributed by atoms with Crippen LogP contribution < -0.4 is 4.84 Å². The van der Waals surface area contributed by atoms with E-state index in [-0.39, 0.29) is 0 Å². The molecule has 16 heavy (non-hydrogen) atoms. The van der Waals surface area contributed by atoms with Crippen LogP contribution in [0.3, 0.4) is 0 Å². The standard InChI is InChI=1S/C10H16N5O/c1-13(2)10(14(3)4)16-15-9-8(12-15)6-5-7-11-9/h5-7,12H,1-4H3/q+1. The molecule has 0 radical (unpaired) electrons. The first-order chi connectivity index (χ1) is 7.59. The summed E-state index contributed by atoms with van der Waals surface area (Å²) in [5.41, 5.74) is 1.77. The summed E-state index contributed by atoms with van der Waals surface area (Å²) in [5.74, 6) is 0. The van der Waals surface area contributed by atoms with Gasteiger partial charge in [0.15, 0.2) is 0 Å². The number of aromatic nitrogens is 3. The zero-order chi connectivity index (χ0) is 11.7. The molecular formula is C10H16N5O+. The second-order valence-electron chi connectivity index (χ2n) is 3.94. The van der Waals surface area contributed by atoms with E-state index >= 15 is 0 Å². The Labute approximate surface area is 93.7 Å². The van der Waals surface area contributed by atoms with Crippen molar-refractivity contribution >= 4 is 17.2 Å². The third kappa shape index (κ3) is 1.73. The van der Waals surface area contributed by atoms with Crippen molar-refractivity contribution in [1.82, 2.24) is 19.8 Å². The predicted molar refractivity (Wildman–Crippen MR) is 61.5 cm³/mol. The lowest BCUT2D eigenvalue weighted by Gasteiger charge is -2.16. The van der Waals surface area contributed by atoms with Crippen molar-refractivity contribution in [2.45, 2.75) is 0 Å². The summed E-state index contributed by atoms with van der Waals surface area (Å²) in [6, 6.07) is 4.56. The first-order valence-electron chi connectivity index (χ1n) is 5.01. The average molecular weight is 222 g/mol. The number of hydrogen-bond acceptors (Lipinski definition) is 2. The molecule has 2 heterocycles. The highest BCUT2D eigenvalue weighted by atomic mass is 16.7. The fourth-order valence-electron chi connectivity index (χ4n) is 1.47. The number of amidine groups is 1. The van der Waals surface area contributed by atoms with E-state index in [0.717, 1.165) is 17.2 Å². The Bertz CT molecular complexity index is 518. The molecule has 6 heteroatoms. The summed E-state index contributed by atoms with van der Waals surface area (Å²) in [6.45, 7) is 0. The number of hydrogen-bond donors (Lipinski definition) is 1. The Kier molecular flexibility index (Phi) is 2.55. The van der Waals surface area contributed by atoms with Gasteiger partial charge >= 0.3 is 6.02 Å². The second-order valence-corrected chi connectivity index (χ2v) is 3.94. The fourth-order valence-corrected chi connectivity index (χ4v) is 1.47. The van der Waals surface area contributed by atoms with Gasteiger partial charge in [-0.25, -0.2) is 14.5 Å². The Balaban J connectivity index is 2.27. The molecule has 0 spiro atoms. The minimum atomic E-state index is 0.726. The minimum absolute atomic E-state index is 0.726. The molecule has 2 aromatic heterocycles. The molecule has 0 bridgehead atoms. The van der Waals surface area contributed by atoms with E-state index < -0.39 is 0 Å². The largest absolute Gasteiger partial charge is 0.471 e. The molecule has 86 valence electrons. The van der Waals surface area contributed by atoms with Gasteiger partial charge in [0, 0.05) is 6.20 Å². The molecule has 0 aliphatic rings. The molecule has 0 amide bonds. The molecule has 0 fully saturated rings. The maximum absolute atomic E-state index is 5.66. The van der Waals surface area contributed by atoms with Gasteiger partial charge in [-0.1, -0.05) is 4.85 Å². The van der Waals surface area contributed by atoms with Crippen molar-refractivity contribution in [2.75, 3.05) is 28.2 Å². The van der Waals surface area contributed by atoms with E-state index in [2.05, 4.69) is 10.1 Å². The summed E-state index contributed by atoms with van der Waals surface area (Å²) in [7, 11) is 7.70. The summed E-state index contributed by atoms with van der Waals surface area (Å²) < 4.78 is 1.89. The Hall–Kier alpha value is -1.98. The van der Waals surface area contributed by atoms with Crippen LogP contribution in [0.4, 0.5) is 0 Å². The zero-order valence-electron chi connectivity index (χ0n) is 9.93. The van der Waals surface area contributed by atoms with Crippen molar-refractivity contribution in [3.8, 4) is 0 Å². The lowest BCUT2D eigenvalue weighted by Crippen LogP contribution is -2.40. The van der Waals surface area contributed by atoms with Crippen molar-refractivity contribution in [3.63, 3.8) is 0 Å². The molecule has 6 nitrogen and oxygen atoms in total. The van der Waals surface area contributed by atoms with E-state index in [1.165, 1.54) is 0 Å². The van der Waals surface area contributed by atoms with Crippen LogP contribution in [-0.2, 0) is 0 Å². The highest BCUT2D eigenvalue weighted by Crippen LogP contribution is 2.08. The second kappa shape index (κ2) is 3.88. The van der Waals surface area contributed by atoms with Gasteiger partial charge in [-0.2, -0.15) is 0 Å². The van der Waals surface area contributed by atoms with Gasteiger partial charge in [0.2, 0.25) is 5.65 Å². The molecule has 0 saturated carbocycles. The topological polar surface area (TPSA) is 49.1 Å². The Morgan fingerprint density at radius 2 is 2.25 bits per heavy atom.